The highest BCUT2D eigenvalue weighted by Gasteiger charge is 2.07. The van der Waals surface area contributed by atoms with Crippen molar-refractivity contribution in [3.05, 3.63) is 0 Å². The molecule has 0 spiro atoms. The van der Waals surface area contributed by atoms with Gasteiger partial charge in [0.25, 0.3) is 0 Å². The largest absolute Gasteiger partial charge is 0.317 e. The molecule has 2 heteroatoms. The zero-order valence-corrected chi connectivity index (χ0v) is 9.74. The van der Waals surface area contributed by atoms with Gasteiger partial charge in [-0.1, -0.05) is 27.7 Å². The summed E-state index contributed by atoms with van der Waals surface area (Å²) >= 11 is 0. The monoisotopic (exact) mass is 186 g/mol. The van der Waals surface area contributed by atoms with Crippen LogP contribution in [0.3, 0.4) is 0 Å². The maximum atomic E-state index is 3.46. The normalized spacial score (nSPS) is 12.0. The molecular formula is C11H26N2. The molecule has 2 nitrogen and oxygen atoms in total. The van der Waals surface area contributed by atoms with E-state index in [1.165, 1.54) is 12.8 Å². The lowest BCUT2D eigenvalue weighted by Gasteiger charge is -2.18. The summed E-state index contributed by atoms with van der Waals surface area (Å²) < 4.78 is 0. The van der Waals surface area contributed by atoms with Crippen molar-refractivity contribution in [2.24, 2.45) is 5.41 Å². The van der Waals surface area contributed by atoms with E-state index in [1.54, 1.807) is 0 Å². The molecular weight excluding hydrogens is 160 g/mol. The van der Waals surface area contributed by atoms with Gasteiger partial charge >= 0.3 is 0 Å². The summed E-state index contributed by atoms with van der Waals surface area (Å²) in [5, 5.41) is 6.85. The van der Waals surface area contributed by atoms with Crippen LogP contribution in [0.25, 0.3) is 0 Å². The van der Waals surface area contributed by atoms with Crippen LogP contribution >= 0.6 is 0 Å². The van der Waals surface area contributed by atoms with Crippen LogP contribution in [-0.4, -0.2) is 26.2 Å². The molecule has 0 aromatic rings. The maximum Gasteiger partial charge on any atom is -0.0000116 e. The Kier molecular flexibility index (Phi) is 7.29. The molecule has 0 aliphatic carbocycles. The SMILES string of the molecule is CCCNCCCNCC(C)(C)C. The number of nitrogens with one attached hydrogen (secondary N) is 2. The van der Waals surface area contributed by atoms with Gasteiger partial charge in [-0.2, -0.15) is 0 Å². The fourth-order valence-electron chi connectivity index (χ4n) is 1.10. The van der Waals surface area contributed by atoms with Crippen molar-refractivity contribution in [1.29, 1.82) is 0 Å². The Bertz CT molecular complexity index is 105. The quantitative estimate of drug-likeness (QED) is 0.594. The summed E-state index contributed by atoms with van der Waals surface area (Å²) in [5.41, 5.74) is 0.414. The first-order valence-corrected chi connectivity index (χ1v) is 5.47. The molecule has 0 bridgehead atoms. The third kappa shape index (κ3) is 11.9. The van der Waals surface area contributed by atoms with Gasteiger partial charge in [0.15, 0.2) is 0 Å². The van der Waals surface area contributed by atoms with Gasteiger partial charge in [0.05, 0.1) is 0 Å². The standard InChI is InChI=1S/C11H26N2/c1-5-7-12-8-6-9-13-10-11(2,3)4/h12-13H,5-10H2,1-4H3. The van der Waals surface area contributed by atoms with Crippen LogP contribution in [0.2, 0.25) is 0 Å². The van der Waals surface area contributed by atoms with Crippen LogP contribution in [0, 0.1) is 5.41 Å². The Labute approximate surface area is 83.5 Å². The minimum atomic E-state index is 0.414. The third-order valence-corrected chi connectivity index (χ3v) is 1.79. The highest BCUT2D eigenvalue weighted by atomic mass is 14.9. The molecule has 0 saturated heterocycles. The summed E-state index contributed by atoms with van der Waals surface area (Å²) in [5.74, 6) is 0. The van der Waals surface area contributed by atoms with Crippen LogP contribution in [0.1, 0.15) is 40.5 Å². The van der Waals surface area contributed by atoms with Gasteiger partial charge in [-0.15, -0.1) is 0 Å². The molecule has 0 amide bonds. The molecule has 0 fully saturated rings. The Morgan fingerprint density at radius 3 is 2.08 bits per heavy atom. The first-order valence-electron chi connectivity index (χ1n) is 5.47. The lowest BCUT2D eigenvalue weighted by molar-refractivity contribution is 0.378. The van der Waals surface area contributed by atoms with E-state index in [0.717, 1.165) is 26.2 Å². The van der Waals surface area contributed by atoms with E-state index in [9.17, 15) is 0 Å². The summed E-state index contributed by atoms with van der Waals surface area (Å²) in [4.78, 5) is 0. The fourth-order valence-corrected chi connectivity index (χ4v) is 1.10. The second kappa shape index (κ2) is 7.34. The molecule has 0 aromatic carbocycles. The third-order valence-electron chi connectivity index (χ3n) is 1.79. The first kappa shape index (κ1) is 12.9. The van der Waals surface area contributed by atoms with Gasteiger partial charge < -0.3 is 10.6 Å². The van der Waals surface area contributed by atoms with Gasteiger partial charge in [0.2, 0.25) is 0 Å². The van der Waals surface area contributed by atoms with Crippen LogP contribution in [-0.2, 0) is 0 Å². The molecule has 2 N–H and O–H groups in total. The average Bonchev–Trinajstić information content (AvgIpc) is 2.01. The molecule has 0 aliphatic heterocycles. The van der Waals surface area contributed by atoms with Crippen LogP contribution in [0.5, 0.6) is 0 Å². The van der Waals surface area contributed by atoms with Crippen molar-refractivity contribution in [3.63, 3.8) is 0 Å². The predicted octanol–water partition coefficient (Wildman–Crippen LogP) is 2.01. The van der Waals surface area contributed by atoms with E-state index < -0.39 is 0 Å². The maximum absolute atomic E-state index is 3.46. The molecule has 80 valence electrons. The topological polar surface area (TPSA) is 24.1 Å². The molecule has 0 atom stereocenters. The van der Waals surface area contributed by atoms with Gasteiger partial charge in [-0.05, 0) is 44.4 Å². The number of hydrogen-bond donors (Lipinski definition) is 2. The molecule has 0 rings (SSSR count). The number of hydrogen-bond acceptors (Lipinski definition) is 2. The van der Waals surface area contributed by atoms with Crippen LogP contribution < -0.4 is 10.6 Å². The highest BCUT2D eigenvalue weighted by Crippen LogP contribution is 2.09. The molecule has 0 aromatic heterocycles. The van der Waals surface area contributed by atoms with Gasteiger partial charge in [0.1, 0.15) is 0 Å². The molecule has 0 heterocycles. The van der Waals surface area contributed by atoms with Crippen molar-refractivity contribution in [1.82, 2.24) is 10.6 Å². The summed E-state index contributed by atoms with van der Waals surface area (Å²) in [6, 6.07) is 0. The van der Waals surface area contributed by atoms with Crippen LogP contribution in [0.4, 0.5) is 0 Å². The summed E-state index contributed by atoms with van der Waals surface area (Å²) in [7, 11) is 0. The smallest absolute Gasteiger partial charge is 0.0000116 e. The summed E-state index contributed by atoms with van der Waals surface area (Å²) in [6.45, 7) is 13.5. The lowest BCUT2D eigenvalue weighted by atomic mass is 9.97. The Balaban J connectivity index is 3.00. The molecule has 0 aliphatic rings. The lowest BCUT2D eigenvalue weighted by Crippen LogP contribution is -2.29. The minimum absolute atomic E-state index is 0.414. The van der Waals surface area contributed by atoms with E-state index in [-0.39, 0.29) is 0 Å². The van der Waals surface area contributed by atoms with Crippen molar-refractivity contribution >= 4 is 0 Å². The van der Waals surface area contributed by atoms with Crippen molar-refractivity contribution in [3.8, 4) is 0 Å². The van der Waals surface area contributed by atoms with Gasteiger partial charge in [-0.25, -0.2) is 0 Å². The fraction of sp³-hybridized carbons (Fsp3) is 1.00. The van der Waals surface area contributed by atoms with Crippen molar-refractivity contribution < 1.29 is 0 Å². The molecule has 0 unspecified atom stereocenters. The van der Waals surface area contributed by atoms with Gasteiger partial charge in [-0.3, -0.25) is 0 Å². The zero-order chi connectivity index (χ0) is 10.2. The second-order valence-electron chi connectivity index (χ2n) is 4.84. The highest BCUT2D eigenvalue weighted by molar-refractivity contribution is 4.64. The van der Waals surface area contributed by atoms with Crippen molar-refractivity contribution in [2.45, 2.75) is 40.5 Å². The minimum Gasteiger partial charge on any atom is -0.317 e. The zero-order valence-electron chi connectivity index (χ0n) is 9.74. The Morgan fingerprint density at radius 1 is 0.923 bits per heavy atom. The predicted molar refractivity (Wildman–Crippen MR) is 60.1 cm³/mol. The average molecular weight is 186 g/mol. The van der Waals surface area contributed by atoms with Gasteiger partial charge in [0, 0.05) is 0 Å². The van der Waals surface area contributed by atoms with Crippen LogP contribution in [0.15, 0.2) is 0 Å². The van der Waals surface area contributed by atoms with E-state index in [4.69, 9.17) is 0 Å². The van der Waals surface area contributed by atoms with E-state index in [1.807, 2.05) is 0 Å². The van der Waals surface area contributed by atoms with Crippen molar-refractivity contribution in [2.75, 3.05) is 26.2 Å². The second-order valence-corrected chi connectivity index (χ2v) is 4.84. The number of rotatable bonds is 7. The van der Waals surface area contributed by atoms with E-state index in [2.05, 4.69) is 38.3 Å². The van der Waals surface area contributed by atoms with E-state index in [0.29, 0.717) is 5.41 Å². The Hall–Kier alpha value is -0.0800. The van der Waals surface area contributed by atoms with E-state index >= 15 is 0 Å². The molecule has 0 saturated carbocycles. The molecule has 13 heavy (non-hydrogen) atoms. The Morgan fingerprint density at radius 2 is 1.54 bits per heavy atom. The molecule has 0 radical (unpaired) electrons. The first-order chi connectivity index (χ1) is 6.06. The summed E-state index contributed by atoms with van der Waals surface area (Å²) in [6.07, 6.45) is 2.46.